The second kappa shape index (κ2) is 9.57. The van der Waals surface area contributed by atoms with Crippen molar-refractivity contribution in [1.82, 2.24) is 4.90 Å². The largest absolute Gasteiger partial charge is 0.457 e. The molecule has 5 rings (SSSR count). The van der Waals surface area contributed by atoms with E-state index in [4.69, 9.17) is 4.42 Å². The van der Waals surface area contributed by atoms with E-state index in [0.29, 0.717) is 16.9 Å². The molecule has 2 aromatic carbocycles. The van der Waals surface area contributed by atoms with Crippen molar-refractivity contribution in [3.8, 4) is 17.4 Å². The quantitative estimate of drug-likeness (QED) is 0.210. The second-order valence-electron chi connectivity index (χ2n) is 8.83. The minimum absolute atomic E-state index is 0.00316. The van der Waals surface area contributed by atoms with Crippen LogP contribution in [0.5, 0.6) is 0 Å². The molecule has 3 heterocycles. The summed E-state index contributed by atoms with van der Waals surface area (Å²) in [4.78, 5) is 38.6. The minimum atomic E-state index is -3.43. The molecule has 1 fully saturated rings. The van der Waals surface area contributed by atoms with Gasteiger partial charge >= 0.3 is 0 Å². The topological polar surface area (TPSA) is 152 Å². The Labute approximate surface area is 217 Å². The van der Waals surface area contributed by atoms with Crippen molar-refractivity contribution in [1.29, 1.82) is 5.26 Å². The Hall–Kier alpha value is -4.82. The number of non-ortho nitro benzene ring substituents is 1. The molecule has 38 heavy (non-hydrogen) atoms. The summed E-state index contributed by atoms with van der Waals surface area (Å²) in [6.07, 6.45) is 1.48. The third-order valence-corrected chi connectivity index (χ3v) is 8.15. The van der Waals surface area contributed by atoms with Crippen LogP contribution >= 0.6 is 0 Å². The molecular weight excluding hydrogens is 510 g/mol. The Balaban J connectivity index is 1.64. The van der Waals surface area contributed by atoms with Gasteiger partial charge in [-0.2, -0.15) is 5.26 Å². The van der Waals surface area contributed by atoms with Crippen LogP contribution in [0.4, 0.5) is 5.69 Å². The summed E-state index contributed by atoms with van der Waals surface area (Å²) in [6, 6.07) is 18.5. The lowest BCUT2D eigenvalue weighted by Gasteiger charge is -2.32. The molecule has 1 aromatic heterocycles. The molecule has 3 aromatic rings. The van der Waals surface area contributed by atoms with Crippen molar-refractivity contribution >= 4 is 39.0 Å². The van der Waals surface area contributed by atoms with Gasteiger partial charge in [-0.05, 0) is 30.2 Å². The van der Waals surface area contributed by atoms with Gasteiger partial charge in [0.25, 0.3) is 17.5 Å². The number of nitriles is 1. The van der Waals surface area contributed by atoms with Gasteiger partial charge in [0, 0.05) is 23.3 Å². The highest BCUT2D eigenvalue weighted by Gasteiger charge is 2.45. The Bertz CT molecular complexity index is 1700. The average molecular weight is 530 g/mol. The van der Waals surface area contributed by atoms with E-state index in [1.54, 1.807) is 48.5 Å². The van der Waals surface area contributed by atoms with Gasteiger partial charge in [0.15, 0.2) is 9.84 Å². The first-order valence-electron chi connectivity index (χ1n) is 11.5. The van der Waals surface area contributed by atoms with Gasteiger partial charge in [-0.25, -0.2) is 8.42 Å². The molecule has 0 saturated carbocycles. The highest BCUT2D eigenvalue weighted by molar-refractivity contribution is 7.91. The lowest BCUT2D eigenvalue weighted by Crippen LogP contribution is -2.49. The number of hydrogen-bond acceptors (Lipinski definition) is 8. The number of sulfone groups is 1. The van der Waals surface area contributed by atoms with E-state index in [1.807, 2.05) is 6.07 Å². The van der Waals surface area contributed by atoms with Crippen LogP contribution < -0.4 is 0 Å². The zero-order valence-electron chi connectivity index (χ0n) is 19.7. The SMILES string of the molecule is N#CC1=C(c2ccccc2)/C(=C\c2ccc(-c3cccc([N+](=O)[O-])c3)o2)C(=O)N([C@@H]2CCS(=O)(=O)C2)C1=O. The Morgan fingerprint density at radius 2 is 1.76 bits per heavy atom. The van der Waals surface area contributed by atoms with Crippen molar-refractivity contribution in [2.75, 3.05) is 11.5 Å². The molecule has 0 radical (unpaired) electrons. The molecule has 2 amide bonds. The summed E-state index contributed by atoms with van der Waals surface area (Å²) in [5.41, 5.74) is 0.626. The fourth-order valence-electron chi connectivity index (χ4n) is 4.64. The maximum Gasteiger partial charge on any atom is 0.272 e. The maximum absolute atomic E-state index is 13.8. The summed E-state index contributed by atoms with van der Waals surface area (Å²) in [7, 11) is -3.43. The molecule has 190 valence electrons. The molecular formula is C27H19N3O7S. The highest BCUT2D eigenvalue weighted by Crippen LogP contribution is 2.37. The van der Waals surface area contributed by atoms with Crippen LogP contribution in [0.15, 0.2) is 82.3 Å². The first kappa shape index (κ1) is 24.9. The monoisotopic (exact) mass is 529 g/mol. The number of carbonyl (C=O) groups excluding carboxylic acids is 2. The van der Waals surface area contributed by atoms with Gasteiger partial charge in [0.2, 0.25) is 0 Å². The molecule has 0 aliphatic carbocycles. The van der Waals surface area contributed by atoms with Crippen molar-refractivity contribution in [2.24, 2.45) is 0 Å². The molecule has 0 bridgehead atoms. The van der Waals surface area contributed by atoms with Crippen LogP contribution in [0.1, 0.15) is 17.7 Å². The van der Waals surface area contributed by atoms with Crippen LogP contribution in [0.3, 0.4) is 0 Å². The predicted octanol–water partition coefficient (Wildman–Crippen LogP) is 3.77. The summed E-state index contributed by atoms with van der Waals surface area (Å²) >= 11 is 0. The number of nitro groups is 1. The number of hydrogen-bond donors (Lipinski definition) is 0. The first-order chi connectivity index (χ1) is 18.2. The lowest BCUT2D eigenvalue weighted by atomic mass is 9.87. The average Bonchev–Trinajstić information content (AvgIpc) is 3.52. The van der Waals surface area contributed by atoms with Gasteiger partial charge in [0.05, 0.1) is 28.0 Å². The van der Waals surface area contributed by atoms with Gasteiger partial charge < -0.3 is 4.42 Å². The number of nitro benzene ring substituents is 1. The van der Waals surface area contributed by atoms with Crippen molar-refractivity contribution in [3.63, 3.8) is 0 Å². The fraction of sp³-hybridized carbons (Fsp3) is 0.148. The van der Waals surface area contributed by atoms with E-state index in [2.05, 4.69) is 0 Å². The smallest absolute Gasteiger partial charge is 0.272 e. The van der Waals surface area contributed by atoms with Gasteiger partial charge in [-0.1, -0.05) is 42.5 Å². The third-order valence-electron chi connectivity index (χ3n) is 6.40. The van der Waals surface area contributed by atoms with Crippen LogP contribution in [0, 0.1) is 21.4 Å². The zero-order valence-corrected chi connectivity index (χ0v) is 20.6. The van der Waals surface area contributed by atoms with E-state index >= 15 is 0 Å². The van der Waals surface area contributed by atoms with E-state index in [-0.39, 0.29) is 46.1 Å². The molecule has 0 N–H and O–H groups in total. The van der Waals surface area contributed by atoms with Crippen LogP contribution in [0.2, 0.25) is 0 Å². The molecule has 1 saturated heterocycles. The number of benzene rings is 2. The molecule has 0 unspecified atom stereocenters. The summed E-state index contributed by atoms with van der Waals surface area (Å²) in [6.45, 7) is 0. The van der Waals surface area contributed by atoms with Crippen LogP contribution in [-0.2, 0) is 19.4 Å². The number of rotatable bonds is 5. The second-order valence-corrected chi connectivity index (χ2v) is 11.1. The molecule has 2 aliphatic rings. The van der Waals surface area contributed by atoms with Crippen molar-refractivity contribution in [3.05, 3.63) is 99.3 Å². The number of nitrogens with zero attached hydrogens (tertiary/aromatic N) is 3. The number of furan rings is 1. The fourth-order valence-corrected chi connectivity index (χ4v) is 6.34. The van der Waals surface area contributed by atoms with Crippen molar-refractivity contribution < 1.29 is 27.3 Å². The highest BCUT2D eigenvalue weighted by atomic mass is 32.2. The van der Waals surface area contributed by atoms with E-state index in [9.17, 15) is 33.4 Å². The Kier molecular flexibility index (Phi) is 6.26. The van der Waals surface area contributed by atoms with E-state index < -0.39 is 32.6 Å². The molecule has 11 heteroatoms. The number of carbonyl (C=O) groups is 2. The van der Waals surface area contributed by atoms with E-state index in [1.165, 1.54) is 24.3 Å². The normalized spacial score (nSPS) is 20.1. The lowest BCUT2D eigenvalue weighted by molar-refractivity contribution is -0.384. The number of amides is 2. The van der Waals surface area contributed by atoms with E-state index in [0.717, 1.165) is 4.90 Å². The van der Waals surface area contributed by atoms with Crippen LogP contribution in [-0.4, -0.2) is 47.6 Å². The Morgan fingerprint density at radius 1 is 1.03 bits per heavy atom. The first-order valence-corrected chi connectivity index (χ1v) is 13.4. The van der Waals surface area contributed by atoms with Gasteiger partial charge in [-0.15, -0.1) is 0 Å². The standard InChI is InChI=1S/C27H19N3O7S/c28-15-23-25(17-5-2-1-3-6-17)22(26(31)29(27(23)32)20-11-12-38(35,36)16-20)14-21-9-10-24(37-21)18-7-4-8-19(13-18)30(33)34/h1-10,13-14,20H,11-12,16H2/b22-14+/t20-/m1/s1. The molecule has 2 aliphatic heterocycles. The van der Waals surface area contributed by atoms with Crippen molar-refractivity contribution in [2.45, 2.75) is 12.5 Å². The summed E-state index contributed by atoms with van der Waals surface area (Å²) in [5, 5.41) is 21.1. The zero-order chi connectivity index (χ0) is 27.0. The summed E-state index contributed by atoms with van der Waals surface area (Å²) < 4.78 is 30.1. The maximum atomic E-state index is 13.8. The van der Waals surface area contributed by atoms with Gasteiger partial charge in [0.1, 0.15) is 23.2 Å². The summed E-state index contributed by atoms with van der Waals surface area (Å²) in [5.74, 6) is -1.58. The Morgan fingerprint density at radius 3 is 2.42 bits per heavy atom. The minimum Gasteiger partial charge on any atom is -0.457 e. The number of imide groups is 1. The third kappa shape index (κ3) is 4.53. The predicted molar refractivity (Wildman–Crippen MR) is 137 cm³/mol. The molecule has 10 nitrogen and oxygen atoms in total. The van der Waals surface area contributed by atoms with Gasteiger partial charge in [-0.3, -0.25) is 24.6 Å². The molecule has 0 spiro atoms. The van der Waals surface area contributed by atoms with Crippen LogP contribution in [0.25, 0.3) is 23.0 Å². The molecule has 1 atom stereocenters.